The van der Waals surface area contributed by atoms with Gasteiger partial charge in [-0.05, 0) is 65.5 Å². The summed E-state index contributed by atoms with van der Waals surface area (Å²) in [6.45, 7) is 3.25. The molecule has 6 nitrogen and oxygen atoms in total. The van der Waals surface area contributed by atoms with Gasteiger partial charge in [0.25, 0.3) is 0 Å². The van der Waals surface area contributed by atoms with Gasteiger partial charge in [-0.1, -0.05) is 6.07 Å². The number of amides is 1. The molecule has 1 aliphatic rings. The highest BCUT2D eigenvalue weighted by Gasteiger charge is 2.28. The average Bonchev–Trinajstić information content (AvgIpc) is 3.09. The van der Waals surface area contributed by atoms with E-state index in [-0.39, 0.29) is 10.8 Å². The van der Waals surface area contributed by atoms with Crippen LogP contribution >= 0.6 is 27.3 Å². The van der Waals surface area contributed by atoms with Crippen LogP contribution in [0.3, 0.4) is 0 Å². The Bertz CT molecular complexity index is 937. The molecule has 0 radical (unpaired) electrons. The van der Waals surface area contributed by atoms with Gasteiger partial charge >= 0.3 is 0 Å². The Balaban J connectivity index is 1.63. The molecule has 0 aliphatic carbocycles. The number of nitrogens with one attached hydrogen (secondary N) is 1. The normalized spacial score (nSPS) is 15.5. The lowest BCUT2D eigenvalue weighted by atomic mass is 10.2. The van der Waals surface area contributed by atoms with Crippen LogP contribution in [0.25, 0.3) is 0 Å². The summed E-state index contributed by atoms with van der Waals surface area (Å²) >= 11 is 5.10. The first-order valence-corrected chi connectivity index (χ1v) is 12.1. The Labute approximate surface area is 178 Å². The van der Waals surface area contributed by atoms with Gasteiger partial charge in [0.05, 0.1) is 21.9 Å². The predicted molar refractivity (Wildman–Crippen MR) is 114 cm³/mol. The first-order chi connectivity index (χ1) is 13.4. The minimum absolute atomic E-state index is 0.116. The molecular weight excluding hydrogens is 464 g/mol. The molecule has 1 saturated heterocycles. The summed E-state index contributed by atoms with van der Waals surface area (Å²) in [7, 11) is -3.60. The molecule has 1 N–H and O–H groups in total. The molecule has 2 aromatic rings. The van der Waals surface area contributed by atoms with Crippen molar-refractivity contribution in [2.75, 3.05) is 31.6 Å². The predicted octanol–water partition coefficient (Wildman–Crippen LogP) is 3.80. The zero-order chi connectivity index (χ0) is 20.1. The van der Waals surface area contributed by atoms with Crippen molar-refractivity contribution in [3.8, 4) is 0 Å². The van der Waals surface area contributed by atoms with Crippen LogP contribution in [0.1, 0.15) is 23.3 Å². The van der Waals surface area contributed by atoms with E-state index in [0.29, 0.717) is 44.0 Å². The van der Waals surface area contributed by atoms with E-state index in [1.54, 1.807) is 36.5 Å². The lowest BCUT2D eigenvalue weighted by Gasteiger charge is -2.26. The fourth-order valence-electron chi connectivity index (χ4n) is 3.01. The minimum atomic E-state index is -3.60. The zero-order valence-electron chi connectivity index (χ0n) is 15.6. The van der Waals surface area contributed by atoms with Gasteiger partial charge in [-0.25, -0.2) is 8.42 Å². The van der Waals surface area contributed by atoms with Crippen LogP contribution < -0.4 is 5.32 Å². The monoisotopic (exact) mass is 486 g/mol. The maximum atomic E-state index is 12.9. The number of thiophene rings is 1. The Morgan fingerprint density at radius 3 is 2.68 bits per heavy atom. The van der Waals surface area contributed by atoms with E-state index in [1.807, 2.05) is 6.07 Å². The summed E-state index contributed by atoms with van der Waals surface area (Å²) < 4.78 is 33.6. The first kappa shape index (κ1) is 21.4. The van der Waals surface area contributed by atoms with E-state index in [2.05, 4.69) is 27.3 Å². The molecule has 152 valence electrons. The van der Waals surface area contributed by atoms with E-state index < -0.39 is 10.0 Å². The lowest BCUT2D eigenvalue weighted by molar-refractivity contribution is -0.116. The summed E-state index contributed by atoms with van der Waals surface area (Å²) in [5, 5.41) is 2.82. The number of morpholine rings is 1. The fourth-order valence-corrected chi connectivity index (χ4v) is 6.20. The number of hydrogen-bond donors (Lipinski definition) is 1. The third-order valence-electron chi connectivity index (χ3n) is 4.52. The summed E-state index contributed by atoms with van der Waals surface area (Å²) in [5.74, 6) is -0.116. The molecule has 1 aliphatic heterocycles. The fraction of sp³-hybridized carbons (Fsp3) is 0.421. The molecule has 9 heteroatoms. The number of nitrogens with zero attached hydrogens (tertiary/aromatic N) is 1. The maximum Gasteiger partial charge on any atom is 0.243 e. The number of benzene rings is 1. The molecule has 0 bridgehead atoms. The highest BCUT2D eigenvalue weighted by atomic mass is 79.9. The number of anilines is 1. The Kier molecular flexibility index (Phi) is 7.27. The Morgan fingerprint density at radius 2 is 2.00 bits per heavy atom. The van der Waals surface area contributed by atoms with Crippen LogP contribution in [0.2, 0.25) is 0 Å². The number of ether oxygens (including phenoxy) is 1. The van der Waals surface area contributed by atoms with E-state index in [9.17, 15) is 13.2 Å². The Hall–Kier alpha value is -1.26. The van der Waals surface area contributed by atoms with Gasteiger partial charge in [-0.2, -0.15) is 4.31 Å². The molecular formula is C19H23BrN2O4S2. The SMILES string of the molecule is Cc1ccc(NC(=O)CCCc2ccc(Br)s2)cc1S(=O)(=O)N1CCOCC1. The zero-order valence-corrected chi connectivity index (χ0v) is 18.8. The van der Waals surface area contributed by atoms with Crippen molar-refractivity contribution in [3.05, 3.63) is 44.6 Å². The van der Waals surface area contributed by atoms with Crippen molar-refractivity contribution in [1.29, 1.82) is 0 Å². The molecule has 0 spiro atoms. The van der Waals surface area contributed by atoms with Crippen molar-refractivity contribution in [1.82, 2.24) is 4.31 Å². The van der Waals surface area contributed by atoms with E-state index >= 15 is 0 Å². The minimum Gasteiger partial charge on any atom is -0.379 e. The molecule has 3 rings (SSSR count). The third kappa shape index (κ3) is 5.42. The molecule has 1 aromatic heterocycles. The van der Waals surface area contributed by atoms with Gasteiger partial charge in [-0.15, -0.1) is 11.3 Å². The average molecular weight is 487 g/mol. The van der Waals surface area contributed by atoms with Gasteiger partial charge in [-0.3, -0.25) is 4.79 Å². The summed E-state index contributed by atoms with van der Waals surface area (Å²) in [6, 6.07) is 9.07. The van der Waals surface area contributed by atoms with Crippen LogP contribution in [0.4, 0.5) is 5.69 Å². The van der Waals surface area contributed by atoms with Crippen LogP contribution in [-0.2, 0) is 26.0 Å². The van der Waals surface area contributed by atoms with Crippen LogP contribution in [0.15, 0.2) is 39.0 Å². The van der Waals surface area contributed by atoms with Gasteiger partial charge in [0.1, 0.15) is 0 Å². The van der Waals surface area contributed by atoms with Crippen molar-refractivity contribution >= 4 is 48.9 Å². The second-order valence-electron chi connectivity index (χ2n) is 6.60. The van der Waals surface area contributed by atoms with Gasteiger partial charge in [0.15, 0.2) is 0 Å². The van der Waals surface area contributed by atoms with E-state index in [0.717, 1.165) is 16.6 Å². The third-order valence-corrected chi connectivity index (χ3v) is 8.24. The van der Waals surface area contributed by atoms with Gasteiger partial charge in [0, 0.05) is 30.1 Å². The molecule has 2 heterocycles. The standard InChI is InChI=1S/C19H23BrN2O4S2/c1-14-5-6-15(13-17(14)28(24,25)22-9-11-26-12-10-22)21-19(23)4-2-3-16-7-8-18(20)27-16/h5-8,13H,2-4,9-12H2,1H3,(H,21,23). The smallest absolute Gasteiger partial charge is 0.243 e. The number of carbonyl (C=O) groups excluding carboxylic acids is 1. The Morgan fingerprint density at radius 1 is 1.25 bits per heavy atom. The lowest BCUT2D eigenvalue weighted by Crippen LogP contribution is -2.40. The van der Waals surface area contributed by atoms with Crippen LogP contribution in [0, 0.1) is 6.92 Å². The van der Waals surface area contributed by atoms with Crippen molar-refractivity contribution in [2.45, 2.75) is 31.1 Å². The largest absolute Gasteiger partial charge is 0.379 e. The molecule has 0 saturated carbocycles. The maximum absolute atomic E-state index is 12.9. The molecule has 28 heavy (non-hydrogen) atoms. The van der Waals surface area contributed by atoms with Crippen molar-refractivity contribution in [2.24, 2.45) is 0 Å². The number of carbonyl (C=O) groups is 1. The summed E-state index contributed by atoms with van der Waals surface area (Å²) in [4.78, 5) is 13.7. The van der Waals surface area contributed by atoms with E-state index in [1.165, 1.54) is 9.18 Å². The molecule has 1 fully saturated rings. The quantitative estimate of drug-likeness (QED) is 0.645. The first-order valence-electron chi connectivity index (χ1n) is 9.09. The van der Waals surface area contributed by atoms with Crippen LogP contribution in [-0.4, -0.2) is 44.9 Å². The summed E-state index contributed by atoms with van der Waals surface area (Å²) in [6.07, 6.45) is 1.97. The number of hydrogen-bond acceptors (Lipinski definition) is 5. The number of halogens is 1. The molecule has 0 unspecified atom stereocenters. The second kappa shape index (κ2) is 9.49. The molecule has 1 amide bonds. The number of rotatable bonds is 7. The topological polar surface area (TPSA) is 75.7 Å². The molecule has 1 aromatic carbocycles. The van der Waals surface area contributed by atoms with Gasteiger partial charge in [0.2, 0.25) is 15.9 Å². The van der Waals surface area contributed by atoms with Gasteiger partial charge < -0.3 is 10.1 Å². The van der Waals surface area contributed by atoms with Crippen molar-refractivity contribution < 1.29 is 17.9 Å². The van der Waals surface area contributed by atoms with E-state index in [4.69, 9.17) is 4.74 Å². The molecule has 0 atom stereocenters. The highest BCUT2D eigenvalue weighted by molar-refractivity contribution is 9.11. The number of aryl methyl sites for hydroxylation is 2. The second-order valence-corrected chi connectivity index (χ2v) is 11.1. The van der Waals surface area contributed by atoms with Crippen LogP contribution in [0.5, 0.6) is 0 Å². The number of sulfonamides is 1. The highest BCUT2D eigenvalue weighted by Crippen LogP contribution is 2.25. The van der Waals surface area contributed by atoms with Crippen molar-refractivity contribution in [3.63, 3.8) is 0 Å². The summed E-state index contributed by atoms with van der Waals surface area (Å²) in [5.41, 5.74) is 1.16.